The summed E-state index contributed by atoms with van der Waals surface area (Å²) < 4.78 is 21.5. The molecule has 4 aromatic rings. The van der Waals surface area contributed by atoms with Crippen molar-refractivity contribution in [3.8, 4) is 5.75 Å². The van der Waals surface area contributed by atoms with Crippen molar-refractivity contribution in [1.29, 1.82) is 0 Å². The van der Waals surface area contributed by atoms with Crippen LogP contribution in [-0.2, 0) is 6.54 Å². The smallest absolute Gasteiger partial charge is 0.165 e. The van der Waals surface area contributed by atoms with Crippen molar-refractivity contribution >= 4 is 33.7 Å². The maximum Gasteiger partial charge on any atom is 0.165 e. The van der Waals surface area contributed by atoms with Gasteiger partial charge in [0.15, 0.2) is 11.6 Å². The van der Waals surface area contributed by atoms with Crippen molar-refractivity contribution in [2.75, 3.05) is 13.4 Å². The lowest BCUT2D eigenvalue weighted by Gasteiger charge is -2.09. The van der Waals surface area contributed by atoms with Gasteiger partial charge in [-0.15, -0.1) is 11.8 Å². The van der Waals surface area contributed by atoms with Crippen LogP contribution in [0.4, 0.5) is 4.39 Å². The minimum atomic E-state index is -0.371. The first-order valence-electron chi connectivity index (χ1n) is 7.94. The van der Waals surface area contributed by atoms with Crippen LogP contribution in [0.3, 0.4) is 0 Å². The van der Waals surface area contributed by atoms with Crippen LogP contribution in [0.25, 0.3) is 21.9 Å². The van der Waals surface area contributed by atoms with Gasteiger partial charge in [-0.25, -0.2) is 4.39 Å². The van der Waals surface area contributed by atoms with Crippen molar-refractivity contribution in [3.05, 3.63) is 66.1 Å². The van der Waals surface area contributed by atoms with E-state index in [0.29, 0.717) is 6.54 Å². The lowest BCUT2D eigenvalue weighted by Crippen LogP contribution is -2.00. The number of fused-ring (bicyclic) bond motifs is 3. The Bertz CT molecular complexity index is 1060. The largest absolute Gasteiger partial charge is 0.494 e. The monoisotopic (exact) mass is 352 g/mol. The molecule has 0 aliphatic carbocycles. The van der Waals surface area contributed by atoms with E-state index in [4.69, 9.17) is 4.74 Å². The molecule has 25 heavy (non-hydrogen) atoms. The minimum absolute atomic E-state index is 0.245. The van der Waals surface area contributed by atoms with Crippen LogP contribution in [0, 0.1) is 5.82 Å². The Morgan fingerprint density at radius 2 is 1.92 bits per heavy atom. The number of thioether (sulfide) groups is 1. The van der Waals surface area contributed by atoms with Gasteiger partial charge in [-0.3, -0.25) is 4.98 Å². The van der Waals surface area contributed by atoms with Crippen LogP contribution < -0.4 is 4.74 Å². The molecule has 0 aliphatic heterocycles. The summed E-state index contributed by atoms with van der Waals surface area (Å²) in [6.45, 7) is 0.690. The molecule has 0 atom stereocenters. The zero-order valence-electron chi connectivity index (χ0n) is 14.0. The van der Waals surface area contributed by atoms with E-state index >= 15 is 0 Å². The van der Waals surface area contributed by atoms with Gasteiger partial charge < -0.3 is 9.30 Å². The van der Waals surface area contributed by atoms with E-state index in [1.807, 2.05) is 12.1 Å². The quantitative estimate of drug-likeness (QED) is 0.478. The molecule has 0 unspecified atom stereocenters. The standard InChI is InChI=1S/C20H17FN2OS/c1-24-19-11-18-15(10-16(19)21)20-17(4-3-9-22-20)23(18)12-13-5-7-14(25-2)8-6-13/h3-11H,12H2,1-2H3. The summed E-state index contributed by atoms with van der Waals surface area (Å²) in [5.41, 5.74) is 3.89. The van der Waals surface area contributed by atoms with Crippen molar-refractivity contribution in [2.45, 2.75) is 11.4 Å². The van der Waals surface area contributed by atoms with E-state index in [2.05, 4.69) is 40.1 Å². The van der Waals surface area contributed by atoms with Crippen molar-refractivity contribution in [3.63, 3.8) is 0 Å². The second kappa shape index (κ2) is 6.41. The van der Waals surface area contributed by atoms with E-state index in [1.54, 1.807) is 24.0 Å². The lowest BCUT2D eigenvalue weighted by atomic mass is 10.2. The number of ether oxygens (including phenoxy) is 1. The summed E-state index contributed by atoms with van der Waals surface area (Å²) in [5.74, 6) is -0.127. The first kappa shape index (κ1) is 16.0. The molecule has 0 fully saturated rings. The third kappa shape index (κ3) is 2.74. The topological polar surface area (TPSA) is 27.1 Å². The van der Waals surface area contributed by atoms with E-state index in [1.165, 1.54) is 23.6 Å². The van der Waals surface area contributed by atoms with Gasteiger partial charge in [0.1, 0.15) is 0 Å². The van der Waals surface area contributed by atoms with Crippen LogP contribution in [0.15, 0.2) is 59.6 Å². The maximum absolute atomic E-state index is 14.2. The molecular formula is C20H17FN2OS. The molecule has 0 spiro atoms. The van der Waals surface area contributed by atoms with Crippen molar-refractivity contribution < 1.29 is 9.13 Å². The number of aromatic nitrogens is 2. The van der Waals surface area contributed by atoms with Crippen LogP contribution >= 0.6 is 11.8 Å². The number of nitrogens with zero attached hydrogens (tertiary/aromatic N) is 2. The fraction of sp³-hybridized carbons (Fsp3) is 0.150. The minimum Gasteiger partial charge on any atom is -0.494 e. The van der Waals surface area contributed by atoms with Gasteiger partial charge in [0, 0.05) is 29.1 Å². The molecule has 4 rings (SSSR count). The van der Waals surface area contributed by atoms with Crippen molar-refractivity contribution in [1.82, 2.24) is 9.55 Å². The molecule has 3 nitrogen and oxygen atoms in total. The summed E-state index contributed by atoms with van der Waals surface area (Å²) in [5, 5.41) is 0.801. The molecule has 2 aromatic heterocycles. The molecule has 2 aromatic carbocycles. The van der Waals surface area contributed by atoms with Gasteiger partial charge >= 0.3 is 0 Å². The number of halogens is 1. The molecule has 0 bridgehead atoms. The number of pyridine rings is 1. The van der Waals surface area contributed by atoms with Crippen LogP contribution in [-0.4, -0.2) is 22.9 Å². The molecule has 0 saturated heterocycles. The average molecular weight is 352 g/mol. The fourth-order valence-corrected chi connectivity index (χ4v) is 3.56. The first-order valence-corrected chi connectivity index (χ1v) is 9.17. The zero-order valence-corrected chi connectivity index (χ0v) is 14.8. The van der Waals surface area contributed by atoms with Crippen LogP contribution in [0.1, 0.15) is 5.56 Å². The number of hydrogen-bond donors (Lipinski definition) is 0. The molecule has 0 saturated carbocycles. The molecule has 0 amide bonds. The SMILES string of the molecule is COc1cc2c(cc1F)c1ncccc1n2Cc1ccc(SC)cc1. The molecule has 0 aliphatic rings. The third-order valence-corrected chi connectivity index (χ3v) is 5.14. The summed E-state index contributed by atoms with van der Waals surface area (Å²) in [4.78, 5) is 5.70. The van der Waals surface area contributed by atoms with Gasteiger partial charge in [-0.1, -0.05) is 12.1 Å². The Hall–Kier alpha value is -2.53. The predicted molar refractivity (Wildman–Crippen MR) is 101 cm³/mol. The normalized spacial score (nSPS) is 11.3. The van der Waals surface area contributed by atoms with Crippen LogP contribution in [0.2, 0.25) is 0 Å². The lowest BCUT2D eigenvalue weighted by molar-refractivity contribution is 0.387. The summed E-state index contributed by atoms with van der Waals surface area (Å²) in [6.07, 6.45) is 3.80. The average Bonchev–Trinajstić information content (AvgIpc) is 2.95. The van der Waals surface area contributed by atoms with Gasteiger partial charge in [0.05, 0.1) is 23.7 Å². The zero-order chi connectivity index (χ0) is 17.4. The highest BCUT2D eigenvalue weighted by molar-refractivity contribution is 7.98. The highest BCUT2D eigenvalue weighted by atomic mass is 32.2. The predicted octanol–water partition coefficient (Wildman–Crippen LogP) is 5.11. The molecule has 5 heteroatoms. The van der Waals surface area contributed by atoms with Gasteiger partial charge in [0.25, 0.3) is 0 Å². The number of methoxy groups -OCH3 is 1. The van der Waals surface area contributed by atoms with Gasteiger partial charge in [0.2, 0.25) is 0 Å². The molecule has 0 N–H and O–H groups in total. The molecule has 2 heterocycles. The van der Waals surface area contributed by atoms with Gasteiger partial charge in [-0.05, 0) is 42.2 Å². The van der Waals surface area contributed by atoms with E-state index < -0.39 is 0 Å². The summed E-state index contributed by atoms with van der Waals surface area (Å²) in [6, 6.07) is 15.7. The highest BCUT2D eigenvalue weighted by Gasteiger charge is 2.15. The molecule has 126 valence electrons. The number of hydrogen-bond acceptors (Lipinski definition) is 3. The Labute approximate surface area is 149 Å². The Kier molecular flexibility index (Phi) is 4.09. The fourth-order valence-electron chi connectivity index (χ4n) is 3.15. The second-order valence-corrected chi connectivity index (χ2v) is 6.69. The Morgan fingerprint density at radius 3 is 2.64 bits per heavy atom. The maximum atomic E-state index is 14.2. The summed E-state index contributed by atoms with van der Waals surface area (Å²) >= 11 is 1.72. The Balaban J connectivity index is 1.93. The van der Waals surface area contributed by atoms with Crippen molar-refractivity contribution in [2.24, 2.45) is 0 Å². The van der Waals surface area contributed by atoms with E-state index in [-0.39, 0.29) is 11.6 Å². The first-order chi connectivity index (χ1) is 12.2. The Morgan fingerprint density at radius 1 is 1.12 bits per heavy atom. The van der Waals surface area contributed by atoms with Gasteiger partial charge in [-0.2, -0.15) is 0 Å². The molecular weight excluding hydrogens is 335 g/mol. The van der Waals surface area contributed by atoms with Crippen LogP contribution in [0.5, 0.6) is 5.75 Å². The molecule has 0 radical (unpaired) electrons. The summed E-state index contributed by atoms with van der Waals surface area (Å²) in [7, 11) is 1.48. The van der Waals surface area contributed by atoms with E-state index in [0.717, 1.165) is 21.9 Å². The second-order valence-electron chi connectivity index (χ2n) is 5.81. The third-order valence-electron chi connectivity index (χ3n) is 4.39. The van der Waals surface area contributed by atoms with E-state index in [9.17, 15) is 4.39 Å². The number of benzene rings is 2. The highest BCUT2D eigenvalue weighted by Crippen LogP contribution is 2.32. The number of rotatable bonds is 4.